The van der Waals surface area contributed by atoms with Crippen LogP contribution in [-0.2, 0) is 6.42 Å². The van der Waals surface area contributed by atoms with Crippen molar-refractivity contribution in [2.45, 2.75) is 13.3 Å². The highest BCUT2D eigenvalue weighted by molar-refractivity contribution is 7.11. The molecule has 24 heavy (non-hydrogen) atoms. The first-order valence-electron chi connectivity index (χ1n) is 7.78. The molecule has 0 aliphatic heterocycles. The standard InChI is InChI=1S/C20H17N3S/c1-2-15-8-6-7-11-18(15)22-13-17(12-21)20-23-19(14-24-20)16-9-4-3-5-10-16/h3-11,13-14,22H,2H2,1H3/b17-13-. The fourth-order valence-electron chi connectivity index (χ4n) is 2.40. The first-order chi connectivity index (χ1) is 11.8. The Bertz CT molecular complexity index is 889. The van der Waals surface area contributed by atoms with Gasteiger partial charge in [-0.2, -0.15) is 5.26 Å². The third kappa shape index (κ3) is 3.53. The molecule has 1 aromatic heterocycles. The number of thiazole rings is 1. The largest absolute Gasteiger partial charge is 0.360 e. The lowest BCUT2D eigenvalue weighted by Gasteiger charge is -2.07. The van der Waals surface area contributed by atoms with E-state index in [0.29, 0.717) is 5.57 Å². The zero-order valence-corrected chi connectivity index (χ0v) is 14.2. The van der Waals surface area contributed by atoms with E-state index in [-0.39, 0.29) is 0 Å². The third-order valence-electron chi connectivity index (χ3n) is 3.69. The number of allylic oxidation sites excluding steroid dienone is 1. The molecule has 3 nitrogen and oxygen atoms in total. The van der Waals surface area contributed by atoms with Gasteiger partial charge in [-0.05, 0) is 18.1 Å². The summed E-state index contributed by atoms with van der Waals surface area (Å²) in [5.74, 6) is 0. The van der Waals surface area contributed by atoms with Crippen molar-refractivity contribution in [1.82, 2.24) is 4.98 Å². The first kappa shape index (κ1) is 16.0. The van der Waals surface area contributed by atoms with E-state index in [4.69, 9.17) is 0 Å². The predicted octanol–water partition coefficient (Wildman–Crippen LogP) is 5.35. The molecule has 0 spiro atoms. The quantitative estimate of drug-likeness (QED) is 0.641. The van der Waals surface area contributed by atoms with E-state index in [1.807, 2.05) is 53.9 Å². The summed E-state index contributed by atoms with van der Waals surface area (Å²) in [4.78, 5) is 4.59. The Hall–Kier alpha value is -2.90. The molecule has 0 atom stereocenters. The molecule has 118 valence electrons. The number of nitrogens with zero attached hydrogens (tertiary/aromatic N) is 2. The van der Waals surface area contributed by atoms with Crippen molar-refractivity contribution in [2.75, 3.05) is 5.32 Å². The monoisotopic (exact) mass is 331 g/mol. The summed E-state index contributed by atoms with van der Waals surface area (Å²) < 4.78 is 0. The Morgan fingerprint density at radius 3 is 2.67 bits per heavy atom. The van der Waals surface area contributed by atoms with Crippen LogP contribution in [0.25, 0.3) is 16.8 Å². The molecule has 0 amide bonds. The van der Waals surface area contributed by atoms with E-state index in [2.05, 4.69) is 29.4 Å². The van der Waals surface area contributed by atoms with Crippen LogP contribution in [-0.4, -0.2) is 4.98 Å². The Balaban J connectivity index is 1.84. The number of aromatic nitrogens is 1. The van der Waals surface area contributed by atoms with Gasteiger partial charge in [-0.25, -0.2) is 4.98 Å². The van der Waals surface area contributed by atoms with Crippen LogP contribution in [0.3, 0.4) is 0 Å². The Labute approximate surface area is 145 Å². The molecule has 0 fully saturated rings. The first-order valence-corrected chi connectivity index (χ1v) is 8.66. The summed E-state index contributed by atoms with van der Waals surface area (Å²) in [6, 6.07) is 20.3. The minimum atomic E-state index is 0.535. The zero-order valence-electron chi connectivity index (χ0n) is 13.4. The minimum Gasteiger partial charge on any atom is -0.360 e. The highest BCUT2D eigenvalue weighted by atomic mass is 32.1. The Kier molecular flexibility index (Phi) is 5.05. The lowest BCUT2D eigenvalue weighted by Crippen LogP contribution is -1.95. The van der Waals surface area contributed by atoms with Crippen LogP contribution in [0.5, 0.6) is 0 Å². The van der Waals surface area contributed by atoms with Gasteiger partial charge < -0.3 is 5.32 Å². The maximum absolute atomic E-state index is 9.47. The van der Waals surface area contributed by atoms with Crippen LogP contribution in [0, 0.1) is 11.3 Å². The highest BCUT2D eigenvalue weighted by Crippen LogP contribution is 2.26. The molecule has 1 N–H and O–H groups in total. The summed E-state index contributed by atoms with van der Waals surface area (Å²) in [7, 11) is 0. The molecule has 0 saturated heterocycles. The van der Waals surface area contributed by atoms with Gasteiger partial charge in [0.15, 0.2) is 0 Å². The van der Waals surface area contributed by atoms with Crippen molar-refractivity contribution in [3.8, 4) is 17.3 Å². The minimum absolute atomic E-state index is 0.535. The number of para-hydroxylation sites is 1. The number of nitriles is 1. The second kappa shape index (κ2) is 7.58. The number of rotatable bonds is 5. The van der Waals surface area contributed by atoms with Crippen LogP contribution >= 0.6 is 11.3 Å². The normalized spacial score (nSPS) is 11.1. The van der Waals surface area contributed by atoms with Crippen molar-refractivity contribution in [3.63, 3.8) is 0 Å². The Morgan fingerprint density at radius 1 is 1.17 bits per heavy atom. The van der Waals surface area contributed by atoms with E-state index in [1.165, 1.54) is 16.9 Å². The van der Waals surface area contributed by atoms with Crippen LogP contribution in [0.4, 0.5) is 5.69 Å². The maximum atomic E-state index is 9.47. The van der Waals surface area contributed by atoms with E-state index >= 15 is 0 Å². The fraction of sp³-hybridized carbons (Fsp3) is 0.100. The van der Waals surface area contributed by atoms with E-state index in [1.54, 1.807) is 6.20 Å². The smallest absolute Gasteiger partial charge is 0.136 e. The predicted molar refractivity (Wildman–Crippen MR) is 101 cm³/mol. The molecular weight excluding hydrogens is 314 g/mol. The van der Waals surface area contributed by atoms with Gasteiger partial charge in [0.25, 0.3) is 0 Å². The van der Waals surface area contributed by atoms with Crippen molar-refractivity contribution in [3.05, 3.63) is 76.7 Å². The second-order valence-electron chi connectivity index (χ2n) is 5.23. The van der Waals surface area contributed by atoms with Gasteiger partial charge in [-0.15, -0.1) is 11.3 Å². The van der Waals surface area contributed by atoms with Gasteiger partial charge in [-0.1, -0.05) is 55.5 Å². The summed E-state index contributed by atoms with van der Waals surface area (Å²) >= 11 is 1.48. The number of aryl methyl sites for hydroxylation is 1. The summed E-state index contributed by atoms with van der Waals surface area (Å²) in [6.07, 6.45) is 2.68. The van der Waals surface area contributed by atoms with E-state index in [9.17, 15) is 5.26 Å². The van der Waals surface area contributed by atoms with Crippen LogP contribution in [0.15, 0.2) is 66.2 Å². The average Bonchev–Trinajstić information content (AvgIpc) is 3.13. The van der Waals surface area contributed by atoms with Crippen LogP contribution in [0.2, 0.25) is 0 Å². The molecule has 0 unspecified atom stereocenters. The number of hydrogen-bond donors (Lipinski definition) is 1. The molecular formula is C20H17N3S. The summed E-state index contributed by atoms with van der Waals surface area (Å²) in [5.41, 5.74) is 4.73. The molecule has 3 rings (SSSR count). The van der Waals surface area contributed by atoms with Crippen molar-refractivity contribution in [1.29, 1.82) is 5.26 Å². The van der Waals surface area contributed by atoms with Gasteiger partial charge in [0.1, 0.15) is 16.6 Å². The van der Waals surface area contributed by atoms with Gasteiger partial charge in [0, 0.05) is 22.8 Å². The van der Waals surface area contributed by atoms with Crippen molar-refractivity contribution in [2.24, 2.45) is 0 Å². The number of nitrogens with one attached hydrogen (secondary N) is 1. The van der Waals surface area contributed by atoms with Gasteiger partial charge in [0.2, 0.25) is 0 Å². The molecule has 0 aliphatic rings. The van der Waals surface area contributed by atoms with Gasteiger partial charge in [0.05, 0.1) is 5.69 Å². The zero-order chi connectivity index (χ0) is 16.8. The molecule has 4 heteroatoms. The number of hydrogen-bond acceptors (Lipinski definition) is 4. The molecule has 0 aliphatic carbocycles. The van der Waals surface area contributed by atoms with Crippen LogP contribution < -0.4 is 5.32 Å². The number of anilines is 1. The number of benzene rings is 2. The second-order valence-corrected chi connectivity index (χ2v) is 6.09. The Morgan fingerprint density at radius 2 is 1.92 bits per heavy atom. The molecule has 0 saturated carbocycles. The van der Waals surface area contributed by atoms with Gasteiger partial charge in [-0.3, -0.25) is 0 Å². The lowest BCUT2D eigenvalue weighted by atomic mass is 10.1. The maximum Gasteiger partial charge on any atom is 0.136 e. The molecule has 1 heterocycles. The van der Waals surface area contributed by atoms with Crippen LogP contribution in [0.1, 0.15) is 17.5 Å². The summed E-state index contributed by atoms with van der Waals surface area (Å²) in [5, 5.41) is 15.4. The topological polar surface area (TPSA) is 48.7 Å². The average molecular weight is 331 g/mol. The highest BCUT2D eigenvalue weighted by Gasteiger charge is 2.09. The molecule has 0 bridgehead atoms. The molecule has 2 aromatic carbocycles. The third-order valence-corrected chi connectivity index (χ3v) is 4.57. The molecule has 0 radical (unpaired) electrons. The molecule has 3 aromatic rings. The lowest BCUT2D eigenvalue weighted by molar-refractivity contribution is 1.14. The van der Waals surface area contributed by atoms with Crippen molar-refractivity contribution < 1.29 is 0 Å². The summed E-state index contributed by atoms with van der Waals surface area (Å²) in [6.45, 7) is 2.11. The van der Waals surface area contributed by atoms with E-state index < -0.39 is 0 Å². The van der Waals surface area contributed by atoms with Gasteiger partial charge >= 0.3 is 0 Å². The van der Waals surface area contributed by atoms with E-state index in [0.717, 1.165) is 28.4 Å². The fourth-order valence-corrected chi connectivity index (χ4v) is 3.19. The SMILES string of the molecule is CCc1ccccc1N/C=C(/C#N)c1nc(-c2ccccc2)cs1. The van der Waals surface area contributed by atoms with Crippen molar-refractivity contribution >= 4 is 22.6 Å².